The van der Waals surface area contributed by atoms with Gasteiger partial charge in [-0.15, -0.1) is 11.3 Å². The maximum atomic E-state index is 12.9. The Balaban J connectivity index is 1.48. The molecule has 1 aliphatic rings. The van der Waals surface area contributed by atoms with Gasteiger partial charge in [-0.2, -0.15) is 10.4 Å². The molecule has 1 unspecified atom stereocenters. The number of aryl methyl sites for hydroxylation is 1. The Labute approximate surface area is 226 Å². The SMILES string of the molecule is CC[C@H]1CN(C(C)c2ccc3nc(COC)sc3c2)[C@H](CC)CN1c1cc(=O)n(C)c2cn(CC#N)nc12. The van der Waals surface area contributed by atoms with E-state index in [1.807, 2.05) is 0 Å². The minimum absolute atomic E-state index is 0.0617. The van der Waals surface area contributed by atoms with Crippen molar-refractivity contribution in [1.29, 1.82) is 5.26 Å². The molecule has 4 aromatic rings. The largest absolute Gasteiger partial charge is 0.378 e. The lowest BCUT2D eigenvalue weighted by Crippen LogP contribution is -2.58. The Morgan fingerprint density at radius 3 is 2.71 bits per heavy atom. The molecule has 3 atom stereocenters. The topological polar surface area (TPSA) is 92.2 Å². The molecule has 1 saturated heterocycles. The minimum Gasteiger partial charge on any atom is -0.378 e. The number of rotatable bonds is 8. The number of nitrogens with zero attached hydrogens (tertiary/aromatic N) is 7. The number of ether oxygens (including phenoxy) is 1. The molecule has 0 radical (unpaired) electrons. The van der Waals surface area contributed by atoms with E-state index >= 15 is 0 Å². The Bertz CT molecular complexity index is 1550. The monoisotopic (exact) mass is 533 g/mol. The van der Waals surface area contributed by atoms with Crippen molar-refractivity contribution in [3.63, 3.8) is 0 Å². The van der Waals surface area contributed by atoms with Crippen LogP contribution in [-0.2, 0) is 24.9 Å². The van der Waals surface area contributed by atoms with Crippen molar-refractivity contribution in [3.8, 4) is 6.07 Å². The smallest absolute Gasteiger partial charge is 0.252 e. The van der Waals surface area contributed by atoms with Gasteiger partial charge in [0.05, 0.1) is 40.3 Å². The molecule has 3 aromatic heterocycles. The van der Waals surface area contributed by atoms with Gasteiger partial charge in [0.15, 0.2) is 0 Å². The second-order valence-electron chi connectivity index (χ2n) is 10.1. The molecule has 4 heterocycles. The number of pyridine rings is 1. The fourth-order valence-electron chi connectivity index (χ4n) is 5.69. The molecular weight excluding hydrogens is 498 g/mol. The van der Waals surface area contributed by atoms with E-state index in [4.69, 9.17) is 9.84 Å². The highest BCUT2D eigenvalue weighted by molar-refractivity contribution is 7.18. The molecule has 1 fully saturated rings. The third-order valence-corrected chi connectivity index (χ3v) is 8.86. The van der Waals surface area contributed by atoms with Gasteiger partial charge in [0.25, 0.3) is 5.56 Å². The van der Waals surface area contributed by atoms with Crippen LogP contribution in [0.4, 0.5) is 5.69 Å². The third kappa shape index (κ3) is 4.70. The van der Waals surface area contributed by atoms with Crippen LogP contribution in [0.25, 0.3) is 21.3 Å². The average molecular weight is 534 g/mol. The van der Waals surface area contributed by atoms with E-state index in [1.165, 1.54) is 10.3 Å². The number of nitriles is 1. The zero-order chi connectivity index (χ0) is 27.0. The number of piperazine rings is 1. The van der Waals surface area contributed by atoms with Gasteiger partial charge in [-0.3, -0.25) is 14.4 Å². The number of anilines is 1. The number of benzene rings is 1. The quantitative estimate of drug-likeness (QED) is 0.330. The first-order valence-corrected chi connectivity index (χ1v) is 14.0. The Hall–Kier alpha value is -3.26. The summed E-state index contributed by atoms with van der Waals surface area (Å²) in [6, 6.07) is 11.3. The van der Waals surface area contributed by atoms with Crippen molar-refractivity contribution in [2.24, 2.45) is 7.05 Å². The molecule has 0 saturated carbocycles. The molecule has 38 heavy (non-hydrogen) atoms. The molecule has 1 aliphatic heterocycles. The molecule has 9 nitrogen and oxygen atoms in total. The van der Waals surface area contributed by atoms with Crippen molar-refractivity contribution >= 4 is 38.3 Å². The van der Waals surface area contributed by atoms with E-state index in [1.54, 1.807) is 47.0 Å². The second kappa shape index (κ2) is 10.8. The summed E-state index contributed by atoms with van der Waals surface area (Å²) in [5.41, 5.74) is 4.65. The van der Waals surface area contributed by atoms with Crippen molar-refractivity contribution in [3.05, 3.63) is 51.4 Å². The molecule has 0 aliphatic carbocycles. The zero-order valence-electron chi connectivity index (χ0n) is 22.7. The van der Waals surface area contributed by atoms with E-state index in [0.717, 1.165) is 53.2 Å². The lowest BCUT2D eigenvalue weighted by molar-refractivity contribution is 0.101. The number of aromatic nitrogens is 4. The van der Waals surface area contributed by atoms with E-state index in [-0.39, 0.29) is 24.2 Å². The van der Waals surface area contributed by atoms with Crippen LogP contribution in [0.15, 0.2) is 35.3 Å². The van der Waals surface area contributed by atoms with Gasteiger partial charge >= 0.3 is 0 Å². The van der Waals surface area contributed by atoms with Gasteiger partial charge in [-0.25, -0.2) is 4.98 Å². The van der Waals surface area contributed by atoms with Crippen LogP contribution in [0.5, 0.6) is 0 Å². The average Bonchev–Trinajstić information content (AvgIpc) is 3.53. The molecule has 1 aromatic carbocycles. The fourth-order valence-corrected chi connectivity index (χ4v) is 6.68. The minimum atomic E-state index is -0.0617. The predicted octanol–water partition coefficient (Wildman–Crippen LogP) is 4.46. The van der Waals surface area contributed by atoms with Crippen LogP contribution < -0.4 is 10.5 Å². The highest BCUT2D eigenvalue weighted by atomic mass is 32.1. The predicted molar refractivity (Wildman–Crippen MR) is 152 cm³/mol. The number of hydrogen-bond acceptors (Lipinski definition) is 8. The second-order valence-corrected chi connectivity index (χ2v) is 11.2. The molecule has 200 valence electrons. The first-order valence-electron chi connectivity index (χ1n) is 13.2. The van der Waals surface area contributed by atoms with Crippen LogP contribution in [0.3, 0.4) is 0 Å². The number of methoxy groups -OCH3 is 1. The summed E-state index contributed by atoms with van der Waals surface area (Å²) in [5, 5.41) is 14.9. The number of thiazole rings is 1. The van der Waals surface area contributed by atoms with Crippen LogP contribution in [0.1, 0.15) is 50.2 Å². The van der Waals surface area contributed by atoms with Crippen molar-refractivity contribution in [1.82, 2.24) is 24.2 Å². The molecule has 0 amide bonds. The Morgan fingerprint density at radius 1 is 1.21 bits per heavy atom. The first kappa shape index (κ1) is 26.4. The summed E-state index contributed by atoms with van der Waals surface area (Å²) in [6.45, 7) is 9.13. The lowest BCUT2D eigenvalue weighted by Gasteiger charge is -2.49. The molecule has 0 N–H and O–H groups in total. The molecule has 10 heteroatoms. The van der Waals surface area contributed by atoms with Crippen molar-refractivity contribution in [2.45, 2.75) is 64.9 Å². The highest BCUT2D eigenvalue weighted by Crippen LogP contribution is 2.35. The Morgan fingerprint density at radius 2 is 2.00 bits per heavy atom. The van der Waals surface area contributed by atoms with Crippen LogP contribution in [0, 0.1) is 11.3 Å². The van der Waals surface area contributed by atoms with Gasteiger partial charge in [0.2, 0.25) is 0 Å². The maximum absolute atomic E-state index is 12.9. The van der Waals surface area contributed by atoms with E-state index in [9.17, 15) is 10.1 Å². The summed E-state index contributed by atoms with van der Waals surface area (Å²) in [4.78, 5) is 22.6. The highest BCUT2D eigenvalue weighted by Gasteiger charge is 2.36. The van der Waals surface area contributed by atoms with E-state index in [2.05, 4.69) is 59.8 Å². The van der Waals surface area contributed by atoms with Gasteiger partial charge in [0, 0.05) is 51.4 Å². The van der Waals surface area contributed by atoms with Crippen LogP contribution in [0.2, 0.25) is 0 Å². The third-order valence-electron chi connectivity index (χ3n) is 7.87. The normalized spacial score (nSPS) is 19.3. The summed E-state index contributed by atoms with van der Waals surface area (Å²) in [6.07, 6.45) is 3.74. The van der Waals surface area contributed by atoms with Crippen molar-refractivity contribution < 1.29 is 4.74 Å². The molecule has 0 bridgehead atoms. The maximum Gasteiger partial charge on any atom is 0.252 e. The van der Waals surface area contributed by atoms with E-state index in [0.29, 0.717) is 12.6 Å². The van der Waals surface area contributed by atoms with E-state index < -0.39 is 0 Å². The molecule has 0 spiro atoms. The zero-order valence-corrected chi connectivity index (χ0v) is 23.5. The molecule has 5 rings (SSSR count). The van der Waals surface area contributed by atoms with Crippen LogP contribution in [-0.4, -0.2) is 56.5 Å². The number of fused-ring (bicyclic) bond motifs is 2. The summed E-state index contributed by atoms with van der Waals surface area (Å²) >= 11 is 1.69. The summed E-state index contributed by atoms with van der Waals surface area (Å²) < 4.78 is 9.71. The van der Waals surface area contributed by atoms with Gasteiger partial charge < -0.3 is 14.2 Å². The molecular formula is C28H35N7O2S. The first-order chi connectivity index (χ1) is 18.4. The summed E-state index contributed by atoms with van der Waals surface area (Å²) in [7, 11) is 3.46. The summed E-state index contributed by atoms with van der Waals surface area (Å²) in [5.74, 6) is 0. The fraction of sp³-hybridized carbons (Fsp3) is 0.500. The standard InChI is InChI=1S/C28H35N7O2S/c1-6-20-15-35(23-13-27(36)32(4)24-16-33(11-10-29)31-28(23)24)21(7-2)14-34(20)18(3)19-8-9-22-25(12-19)38-26(30-22)17-37-5/h8-9,12-13,16,18,20-21H,6-7,11,14-15,17H2,1-5H3/t18?,20-,21+/m1/s1. The van der Waals surface area contributed by atoms with Gasteiger partial charge in [0.1, 0.15) is 17.1 Å². The van der Waals surface area contributed by atoms with Gasteiger partial charge in [-0.1, -0.05) is 19.9 Å². The van der Waals surface area contributed by atoms with Gasteiger partial charge in [-0.05, 0) is 37.5 Å². The number of hydrogen-bond donors (Lipinski definition) is 0. The Kier molecular flexibility index (Phi) is 7.52. The van der Waals surface area contributed by atoms with Crippen molar-refractivity contribution in [2.75, 3.05) is 25.1 Å². The lowest BCUT2D eigenvalue weighted by atomic mass is 9.96. The van der Waals surface area contributed by atoms with Crippen LogP contribution >= 0.6 is 11.3 Å².